The molecule has 1 aliphatic carbocycles. The summed E-state index contributed by atoms with van der Waals surface area (Å²) in [6.45, 7) is 6.79. The van der Waals surface area contributed by atoms with Crippen molar-refractivity contribution in [1.29, 1.82) is 0 Å². The van der Waals surface area contributed by atoms with Crippen LogP contribution in [0.15, 0.2) is 24.3 Å². The third kappa shape index (κ3) is 3.37. The van der Waals surface area contributed by atoms with Gasteiger partial charge in [-0.2, -0.15) is 0 Å². The zero-order valence-electron chi connectivity index (χ0n) is 13.8. The second-order valence-corrected chi connectivity index (χ2v) is 7.39. The van der Waals surface area contributed by atoms with Crippen LogP contribution in [0.1, 0.15) is 45.6 Å². The summed E-state index contributed by atoms with van der Waals surface area (Å²) in [5, 5.41) is 2.98. The molecule has 0 bridgehead atoms. The van der Waals surface area contributed by atoms with E-state index in [0.717, 1.165) is 19.4 Å². The summed E-state index contributed by atoms with van der Waals surface area (Å²) < 4.78 is 5.32. The van der Waals surface area contributed by atoms with Crippen molar-refractivity contribution < 1.29 is 9.53 Å². The van der Waals surface area contributed by atoms with Crippen molar-refractivity contribution in [3.05, 3.63) is 29.8 Å². The van der Waals surface area contributed by atoms with Gasteiger partial charge in [-0.05, 0) is 58.1 Å². The normalized spacial score (nSPS) is 24.2. The zero-order valence-corrected chi connectivity index (χ0v) is 13.8. The summed E-state index contributed by atoms with van der Waals surface area (Å²) in [6, 6.07) is 9.48. The highest BCUT2D eigenvalue weighted by molar-refractivity contribution is 5.68. The van der Waals surface area contributed by atoms with Crippen LogP contribution >= 0.6 is 0 Å². The SMILES string of the molecule is CC(C)(C)OC(=O)NC1CC(N2CCCc3ccccc32)C1. The molecule has 4 heteroatoms. The Morgan fingerprint density at radius 3 is 2.73 bits per heavy atom. The maximum Gasteiger partial charge on any atom is 0.407 e. The van der Waals surface area contributed by atoms with Crippen molar-refractivity contribution in [3.8, 4) is 0 Å². The molecule has 120 valence electrons. The molecule has 0 radical (unpaired) electrons. The van der Waals surface area contributed by atoms with Gasteiger partial charge in [-0.1, -0.05) is 18.2 Å². The predicted octanol–water partition coefficient (Wildman–Crippen LogP) is 3.49. The number of fused-ring (bicyclic) bond motifs is 1. The van der Waals surface area contributed by atoms with Crippen LogP contribution in [0.4, 0.5) is 10.5 Å². The van der Waals surface area contributed by atoms with Gasteiger partial charge in [-0.25, -0.2) is 4.79 Å². The minimum absolute atomic E-state index is 0.244. The molecule has 0 saturated heterocycles. The third-order valence-corrected chi connectivity index (χ3v) is 4.42. The van der Waals surface area contributed by atoms with Gasteiger partial charge in [0, 0.05) is 24.3 Å². The number of alkyl carbamates (subject to hydrolysis) is 1. The smallest absolute Gasteiger partial charge is 0.407 e. The highest BCUT2D eigenvalue weighted by Crippen LogP contribution is 2.35. The van der Waals surface area contributed by atoms with E-state index in [4.69, 9.17) is 4.74 Å². The van der Waals surface area contributed by atoms with E-state index in [2.05, 4.69) is 34.5 Å². The summed E-state index contributed by atoms with van der Waals surface area (Å²) >= 11 is 0. The standard InChI is InChI=1S/C18H26N2O2/c1-18(2,3)22-17(21)19-14-11-15(12-14)20-10-6-8-13-7-4-5-9-16(13)20/h4-5,7,9,14-15H,6,8,10-12H2,1-3H3,(H,19,21). The number of rotatable bonds is 2. The van der Waals surface area contributed by atoms with E-state index in [1.807, 2.05) is 20.8 Å². The fourth-order valence-electron chi connectivity index (χ4n) is 3.38. The number of benzene rings is 1. The molecule has 0 aromatic heterocycles. The minimum Gasteiger partial charge on any atom is -0.444 e. The van der Waals surface area contributed by atoms with Crippen molar-refractivity contribution in [2.45, 2.75) is 64.1 Å². The second kappa shape index (κ2) is 5.82. The minimum atomic E-state index is -0.432. The summed E-state index contributed by atoms with van der Waals surface area (Å²) in [5.41, 5.74) is 2.41. The molecular formula is C18H26N2O2. The molecule has 1 aromatic rings. The quantitative estimate of drug-likeness (QED) is 0.909. The molecule has 0 atom stereocenters. The molecule has 22 heavy (non-hydrogen) atoms. The Morgan fingerprint density at radius 1 is 1.27 bits per heavy atom. The second-order valence-electron chi connectivity index (χ2n) is 7.39. The van der Waals surface area contributed by atoms with Gasteiger partial charge in [0.25, 0.3) is 0 Å². The van der Waals surface area contributed by atoms with Gasteiger partial charge in [0.15, 0.2) is 0 Å². The largest absolute Gasteiger partial charge is 0.444 e. The highest BCUT2D eigenvalue weighted by Gasteiger charge is 2.36. The van der Waals surface area contributed by atoms with Crippen LogP contribution in [0.25, 0.3) is 0 Å². The average Bonchev–Trinajstić information content (AvgIpc) is 2.40. The van der Waals surface area contributed by atoms with Crippen LogP contribution in [0.2, 0.25) is 0 Å². The van der Waals surface area contributed by atoms with Crippen molar-refractivity contribution in [3.63, 3.8) is 0 Å². The number of nitrogens with zero attached hydrogens (tertiary/aromatic N) is 1. The van der Waals surface area contributed by atoms with Gasteiger partial charge in [0.05, 0.1) is 0 Å². The molecule has 2 aliphatic rings. The number of amides is 1. The number of ether oxygens (including phenoxy) is 1. The number of carbonyl (C=O) groups is 1. The molecule has 1 aromatic carbocycles. The number of hydrogen-bond acceptors (Lipinski definition) is 3. The Morgan fingerprint density at radius 2 is 2.00 bits per heavy atom. The maximum atomic E-state index is 11.8. The van der Waals surface area contributed by atoms with Crippen LogP contribution in [-0.2, 0) is 11.2 Å². The number of para-hydroxylation sites is 1. The van der Waals surface area contributed by atoms with E-state index in [1.54, 1.807) is 0 Å². The monoisotopic (exact) mass is 302 g/mol. The van der Waals surface area contributed by atoms with Crippen LogP contribution in [0.5, 0.6) is 0 Å². The molecular weight excluding hydrogens is 276 g/mol. The van der Waals surface area contributed by atoms with Crippen LogP contribution < -0.4 is 10.2 Å². The molecule has 0 unspecified atom stereocenters. The van der Waals surface area contributed by atoms with E-state index < -0.39 is 5.60 Å². The molecule has 1 heterocycles. The Kier molecular flexibility index (Phi) is 4.02. The lowest BCUT2D eigenvalue weighted by atomic mass is 9.83. The van der Waals surface area contributed by atoms with Gasteiger partial charge in [-0.3, -0.25) is 0 Å². The van der Waals surface area contributed by atoms with E-state index >= 15 is 0 Å². The lowest BCUT2D eigenvalue weighted by Crippen LogP contribution is -2.55. The molecule has 1 saturated carbocycles. The summed E-state index contributed by atoms with van der Waals surface area (Å²) in [5.74, 6) is 0. The Hall–Kier alpha value is -1.71. The molecule has 1 amide bonds. The fraction of sp³-hybridized carbons (Fsp3) is 0.611. The lowest BCUT2D eigenvalue weighted by molar-refractivity contribution is 0.0470. The van der Waals surface area contributed by atoms with E-state index in [9.17, 15) is 4.79 Å². The van der Waals surface area contributed by atoms with Gasteiger partial charge >= 0.3 is 6.09 Å². The first-order valence-electron chi connectivity index (χ1n) is 8.26. The third-order valence-electron chi connectivity index (χ3n) is 4.42. The Bertz CT molecular complexity index is 544. The Labute approximate surface area is 132 Å². The summed E-state index contributed by atoms with van der Waals surface area (Å²) in [6.07, 6.45) is 4.12. The van der Waals surface area contributed by atoms with E-state index in [-0.39, 0.29) is 12.1 Å². The van der Waals surface area contributed by atoms with Crippen molar-refractivity contribution in [2.75, 3.05) is 11.4 Å². The fourth-order valence-corrected chi connectivity index (χ4v) is 3.38. The van der Waals surface area contributed by atoms with E-state index in [1.165, 1.54) is 24.1 Å². The topological polar surface area (TPSA) is 41.6 Å². The van der Waals surface area contributed by atoms with Crippen molar-refractivity contribution in [1.82, 2.24) is 5.32 Å². The highest BCUT2D eigenvalue weighted by atomic mass is 16.6. The molecule has 3 rings (SSSR count). The summed E-state index contributed by atoms with van der Waals surface area (Å²) in [7, 11) is 0. The van der Waals surface area contributed by atoms with Crippen LogP contribution in [0.3, 0.4) is 0 Å². The van der Waals surface area contributed by atoms with Crippen LogP contribution in [0, 0.1) is 0 Å². The number of carbonyl (C=O) groups excluding carboxylic acids is 1. The predicted molar refractivity (Wildman–Crippen MR) is 88.3 cm³/mol. The van der Waals surface area contributed by atoms with Gasteiger partial charge in [0.1, 0.15) is 5.60 Å². The first-order valence-corrected chi connectivity index (χ1v) is 8.26. The van der Waals surface area contributed by atoms with Gasteiger partial charge < -0.3 is 15.0 Å². The first-order chi connectivity index (χ1) is 10.4. The number of aryl methyl sites for hydroxylation is 1. The Balaban J connectivity index is 1.53. The maximum absolute atomic E-state index is 11.8. The zero-order chi connectivity index (χ0) is 15.7. The molecule has 4 nitrogen and oxygen atoms in total. The van der Waals surface area contributed by atoms with Gasteiger partial charge in [-0.15, -0.1) is 0 Å². The number of nitrogens with one attached hydrogen (secondary N) is 1. The average molecular weight is 302 g/mol. The molecule has 1 N–H and O–H groups in total. The van der Waals surface area contributed by atoms with Crippen LogP contribution in [-0.4, -0.2) is 30.3 Å². The molecule has 1 aliphatic heterocycles. The number of hydrogen-bond donors (Lipinski definition) is 1. The van der Waals surface area contributed by atoms with Gasteiger partial charge in [0.2, 0.25) is 0 Å². The van der Waals surface area contributed by atoms with E-state index in [0.29, 0.717) is 6.04 Å². The molecule has 0 spiro atoms. The first kappa shape index (κ1) is 15.2. The van der Waals surface area contributed by atoms with Crippen molar-refractivity contribution in [2.24, 2.45) is 0 Å². The van der Waals surface area contributed by atoms with Crippen molar-refractivity contribution >= 4 is 11.8 Å². The summed E-state index contributed by atoms with van der Waals surface area (Å²) in [4.78, 5) is 14.3. The lowest BCUT2D eigenvalue weighted by Gasteiger charge is -2.46. The number of anilines is 1. The molecule has 1 fully saturated rings.